The van der Waals surface area contributed by atoms with Gasteiger partial charge in [-0.1, -0.05) is 23.7 Å². The van der Waals surface area contributed by atoms with Gasteiger partial charge in [0, 0.05) is 12.1 Å². The molecule has 2 aromatic rings. The lowest BCUT2D eigenvalue weighted by atomic mass is 10.2. The number of aryl methyl sites for hydroxylation is 1. The fraction of sp³-hybridized carbons (Fsp3) is 0.167. The maximum Gasteiger partial charge on any atom is 0.359 e. The maximum absolute atomic E-state index is 11.8. The lowest BCUT2D eigenvalue weighted by Crippen LogP contribution is -2.12. The number of nitrogens with zero attached hydrogens (tertiary/aromatic N) is 2. The molecule has 18 heavy (non-hydrogen) atoms. The van der Waals surface area contributed by atoms with Crippen molar-refractivity contribution in [2.75, 3.05) is 5.73 Å². The fourth-order valence-electron chi connectivity index (χ4n) is 1.50. The summed E-state index contributed by atoms with van der Waals surface area (Å²) in [6.45, 7) is 0.167. The standard InChI is InChI=1S/C12H12ClN3O2/c1-16-11(10(14)6-15-16)12(17)18-7-8-2-4-9(13)5-3-8/h2-6H,7,14H2,1H3. The van der Waals surface area contributed by atoms with Crippen LogP contribution in [-0.2, 0) is 18.4 Å². The van der Waals surface area contributed by atoms with Crippen LogP contribution < -0.4 is 5.73 Å². The highest BCUT2D eigenvalue weighted by molar-refractivity contribution is 6.30. The molecule has 94 valence electrons. The minimum atomic E-state index is -0.498. The van der Waals surface area contributed by atoms with Gasteiger partial charge in [0.1, 0.15) is 6.61 Å². The number of aromatic nitrogens is 2. The van der Waals surface area contributed by atoms with Crippen LogP contribution in [0, 0.1) is 0 Å². The molecule has 0 aliphatic carbocycles. The second-order valence-electron chi connectivity index (χ2n) is 3.77. The Hall–Kier alpha value is -2.01. The van der Waals surface area contributed by atoms with Crippen LogP contribution >= 0.6 is 11.6 Å². The Morgan fingerprint density at radius 2 is 2.11 bits per heavy atom. The summed E-state index contributed by atoms with van der Waals surface area (Å²) in [5.41, 5.74) is 7.04. The second kappa shape index (κ2) is 5.10. The quantitative estimate of drug-likeness (QED) is 0.862. The summed E-state index contributed by atoms with van der Waals surface area (Å²) in [4.78, 5) is 11.8. The van der Waals surface area contributed by atoms with Gasteiger partial charge in [0.05, 0.1) is 11.9 Å². The number of carbonyl (C=O) groups excluding carboxylic acids is 1. The van der Waals surface area contributed by atoms with Gasteiger partial charge in [-0.05, 0) is 17.7 Å². The van der Waals surface area contributed by atoms with E-state index in [1.807, 2.05) is 0 Å². The van der Waals surface area contributed by atoms with Crippen molar-refractivity contribution in [3.05, 3.63) is 46.7 Å². The molecule has 2 N–H and O–H groups in total. The first kappa shape index (κ1) is 12.4. The van der Waals surface area contributed by atoms with Crippen LogP contribution in [0.15, 0.2) is 30.5 Å². The van der Waals surface area contributed by atoms with Crippen molar-refractivity contribution in [2.24, 2.45) is 7.05 Å². The zero-order valence-corrected chi connectivity index (χ0v) is 10.5. The summed E-state index contributed by atoms with van der Waals surface area (Å²) in [5.74, 6) is -0.498. The summed E-state index contributed by atoms with van der Waals surface area (Å²) >= 11 is 5.76. The van der Waals surface area contributed by atoms with Gasteiger partial charge in [-0.2, -0.15) is 5.10 Å². The first-order valence-corrected chi connectivity index (χ1v) is 5.65. The second-order valence-corrected chi connectivity index (χ2v) is 4.21. The van der Waals surface area contributed by atoms with Gasteiger partial charge in [0.2, 0.25) is 0 Å². The summed E-state index contributed by atoms with van der Waals surface area (Å²) in [5, 5.41) is 4.52. The van der Waals surface area contributed by atoms with Gasteiger partial charge in [0.15, 0.2) is 5.69 Å². The molecule has 0 radical (unpaired) electrons. The van der Waals surface area contributed by atoms with Crippen LogP contribution in [0.2, 0.25) is 5.02 Å². The van der Waals surface area contributed by atoms with E-state index in [1.165, 1.54) is 10.9 Å². The SMILES string of the molecule is Cn1ncc(N)c1C(=O)OCc1ccc(Cl)cc1. The number of halogens is 1. The monoisotopic (exact) mass is 265 g/mol. The molecule has 0 fully saturated rings. The third kappa shape index (κ3) is 2.62. The highest BCUT2D eigenvalue weighted by Gasteiger charge is 2.16. The van der Waals surface area contributed by atoms with Crippen molar-refractivity contribution in [1.29, 1.82) is 0 Å². The molecule has 0 spiro atoms. The molecule has 5 nitrogen and oxygen atoms in total. The van der Waals surface area contributed by atoms with E-state index >= 15 is 0 Å². The van der Waals surface area contributed by atoms with Crippen molar-refractivity contribution in [3.8, 4) is 0 Å². The molecule has 0 unspecified atom stereocenters. The van der Waals surface area contributed by atoms with Crippen molar-refractivity contribution in [2.45, 2.75) is 6.61 Å². The number of hydrogen-bond donors (Lipinski definition) is 1. The molecule has 0 atom stereocenters. The summed E-state index contributed by atoms with van der Waals surface area (Å²) < 4.78 is 6.54. The number of benzene rings is 1. The van der Waals surface area contributed by atoms with E-state index in [9.17, 15) is 4.79 Å². The first-order chi connectivity index (χ1) is 8.58. The molecule has 2 rings (SSSR count). The Labute approximate surface area is 109 Å². The topological polar surface area (TPSA) is 70.1 Å². The predicted octanol–water partition coefficient (Wildman–Crippen LogP) is 2.01. The van der Waals surface area contributed by atoms with Gasteiger partial charge in [-0.3, -0.25) is 4.68 Å². The van der Waals surface area contributed by atoms with E-state index in [0.717, 1.165) is 5.56 Å². The number of nitrogen functional groups attached to an aromatic ring is 1. The smallest absolute Gasteiger partial charge is 0.359 e. The van der Waals surface area contributed by atoms with E-state index in [1.54, 1.807) is 31.3 Å². The number of rotatable bonds is 3. The Bertz CT molecular complexity index is 544. The Balaban J connectivity index is 2.03. The van der Waals surface area contributed by atoms with Crippen molar-refractivity contribution >= 4 is 23.3 Å². The van der Waals surface area contributed by atoms with Crippen LogP contribution in [0.5, 0.6) is 0 Å². The largest absolute Gasteiger partial charge is 0.456 e. The molecule has 0 saturated heterocycles. The van der Waals surface area contributed by atoms with Crippen molar-refractivity contribution < 1.29 is 9.53 Å². The van der Waals surface area contributed by atoms with Crippen molar-refractivity contribution in [1.82, 2.24) is 9.78 Å². The summed E-state index contributed by atoms with van der Waals surface area (Å²) in [7, 11) is 1.63. The number of esters is 1. The molecule has 1 heterocycles. The summed E-state index contributed by atoms with van der Waals surface area (Å²) in [6.07, 6.45) is 1.42. The zero-order chi connectivity index (χ0) is 13.1. The number of anilines is 1. The predicted molar refractivity (Wildman–Crippen MR) is 68.2 cm³/mol. The minimum absolute atomic E-state index is 0.167. The zero-order valence-electron chi connectivity index (χ0n) is 9.76. The molecule has 0 aliphatic rings. The fourth-order valence-corrected chi connectivity index (χ4v) is 1.63. The Kier molecular flexibility index (Phi) is 3.53. The Morgan fingerprint density at radius 1 is 1.44 bits per heavy atom. The molecule has 6 heteroatoms. The number of nitrogens with two attached hydrogens (primary N) is 1. The molecule has 0 aliphatic heterocycles. The molecule has 0 amide bonds. The number of ether oxygens (including phenoxy) is 1. The van der Waals surface area contributed by atoms with Gasteiger partial charge in [-0.15, -0.1) is 0 Å². The molecule has 0 bridgehead atoms. The minimum Gasteiger partial charge on any atom is -0.456 e. The van der Waals surface area contributed by atoms with Gasteiger partial charge in [0.25, 0.3) is 0 Å². The van der Waals surface area contributed by atoms with Gasteiger partial charge >= 0.3 is 5.97 Å². The van der Waals surface area contributed by atoms with Crippen LogP contribution in [-0.4, -0.2) is 15.7 Å². The average Bonchev–Trinajstić information content (AvgIpc) is 2.68. The third-order valence-corrected chi connectivity index (χ3v) is 2.70. The lowest BCUT2D eigenvalue weighted by molar-refractivity contribution is 0.0461. The van der Waals surface area contributed by atoms with E-state index in [4.69, 9.17) is 22.1 Å². The van der Waals surface area contributed by atoms with Crippen LogP contribution in [0.3, 0.4) is 0 Å². The van der Waals surface area contributed by atoms with Crippen LogP contribution in [0.25, 0.3) is 0 Å². The first-order valence-electron chi connectivity index (χ1n) is 5.27. The van der Waals surface area contributed by atoms with E-state index in [-0.39, 0.29) is 12.3 Å². The maximum atomic E-state index is 11.8. The summed E-state index contributed by atoms with van der Waals surface area (Å²) in [6, 6.07) is 7.07. The third-order valence-electron chi connectivity index (χ3n) is 2.44. The van der Waals surface area contributed by atoms with E-state index < -0.39 is 5.97 Å². The number of carbonyl (C=O) groups is 1. The van der Waals surface area contributed by atoms with Crippen LogP contribution in [0.1, 0.15) is 16.1 Å². The molecular formula is C12H12ClN3O2. The van der Waals surface area contributed by atoms with Gasteiger partial charge < -0.3 is 10.5 Å². The molecule has 1 aromatic carbocycles. The normalized spacial score (nSPS) is 10.3. The highest BCUT2D eigenvalue weighted by Crippen LogP contribution is 2.14. The van der Waals surface area contributed by atoms with Crippen molar-refractivity contribution in [3.63, 3.8) is 0 Å². The Morgan fingerprint density at radius 3 is 2.67 bits per heavy atom. The molecular weight excluding hydrogens is 254 g/mol. The average molecular weight is 266 g/mol. The lowest BCUT2D eigenvalue weighted by Gasteiger charge is -2.06. The van der Waals surface area contributed by atoms with Crippen LogP contribution in [0.4, 0.5) is 5.69 Å². The van der Waals surface area contributed by atoms with E-state index in [2.05, 4.69) is 5.10 Å². The highest BCUT2D eigenvalue weighted by atomic mass is 35.5. The van der Waals surface area contributed by atoms with E-state index in [0.29, 0.717) is 10.7 Å². The molecule has 1 aromatic heterocycles. The molecule has 0 saturated carbocycles. The van der Waals surface area contributed by atoms with Gasteiger partial charge in [-0.25, -0.2) is 4.79 Å². The number of hydrogen-bond acceptors (Lipinski definition) is 4.